The van der Waals surface area contributed by atoms with Crippen molar-refractivity contribution in [2.45, 2.75) is 30.7 Å². The van der Waals surface area contributed by atoms with Crippen molar-refractivity contribution in [2.75, 3.05) is 5.73 Å². The van der Waals surface area contributed by atoms with Crippen LogP contribution in [-0.2, 0) is 14.3 Å². The maximum atomic E-state index is 12.0. The topological polar surface area (TPSA) is 160 Å². The molecule has 1 aliphatic rings. The molecule has 120 valence electrons. The van der Waals surface area contributed by atoms with Crippen LogP contribution in [0.4, 0.5) is 5.69 Å². The number of aliphatic hydroxyl groups excluding tert-OH is 3. The molecule has 6 N–H and O–H groups in total. The van der Waals surface area contributed by atoms with Gasteiger partial charge in [0, 0.05) is 5.69 Å². The first-order valence-corrected chi connectivity index (χ1v) is 6.31. The van der Waals surface area contributed by atoms with Gasteiger partial charge < -0.3 is 35.6 Å². The first-order chi connectivity index (χ1) is 10.3. The van der Waals surface area contributed by atoms with E-state index in [1.165, 1.54) is 18.2 Å². The van der Waals surface area contributed by atoms with Gasteiger partial charge in [-0.25, -0.2) is 9.59 Å². The highest BCUT2D eigenvalue weighted by Crippen LogP contribution is 2.24. The van der Waals surface area contributed by atoms with E-state index in [1.807, 2.05) is 0 Å². The van der Waals surface area contributed by atoms with Gasteiger partial charge in [-0.15, -0.1) is 0 Å². The number of hydrogen-bond acceptors (Lipinski definition) is 8. The summed E-state index contributed by atoms with van der Waals surface area (Å²) in [6.45, 7) is 0. The van der Waals surface area contributed by atoms with E-state index in [1.54, 1.807) is 6.07 Å². The van der Waals surface area contributed by atoms with E-state index >= 15 is 0 Å². The molecule has 22 heavy (non-hydrogen) atoms. The van der Waals surface area contributed by atoms with Crippen molar-refractivity contribution < 1.29 is 39.5 Å². The molecule has 1 aromatic rings. The SMILES string of the molecule is Nc1ccccc1C(=O)OC1OC(C(=O)O)C(O)C(O)C1O. The molecule has 1 aromatic carbocycles. The normalized spacial score (nSPS) is 31.5. The molecule has 0 spiro atoms. The van der Waals surface area contributed by atoms with Crippen LogP contribution in [0.15, 0.2) is 24.3 Å². The number of para-hydroxylation sites is 1. The van der Waals surface area contributed by atoms with Crippen molar-refractivity contribution >= 4 is 17.6 Å². The molecule has 1 fully saturated rings. The minimum atomic E-state index is -1.86. The molecule has 2 rings (SSSR count). The summed E-state index contributed by atoms with van der Waals surface area (Å²) in [5, 5.41) is 37.8. The van der Waals surface area contributed by atoms with Crippen LogP contribution < -0.4 is 5.73 Å². The lowest BCUT2D eigenvalue weighted by molar-refractivity contribution is -0.278. The number of rotatable bonds is 3. The van der Waals surface area contributed by atoms with Gasteiger partial charge in [0.1, 0.15) is 18.3 Å². The number of nitrogen functional groups attached to an aromatic ring is 1. The Balaban J connectivity index is 2.16. The lowest BCUT2D eigenvalue weighted by atomic mass is 9.99. The maximum absolute atomic E-state index is 12.0. The number of nitrogens with two attached hydrogens (primary N) is 1. The van der Waals surface area contributed by atoms with Crippen molar-refractivity contribution in [3.8, 4) is 0 Å². The molecule has 0 radical (unpaired) electrons. The molecule has 0 saturated carbocycles. The molecule has 1 saturated heterocycles. The monoisotopic (exact) mass is 313 g/mol. The summed E-state index contributed by atoms with van der Waals surface area (Å²) in [5.41, 5.74) is 5.71. The predicted octanol–water partition coefficient (Wildman–Crippen LogP) is -1.68. The average Bonchev–Trinajstić information content (AvgIpc) is 2.47. The number of ether oxygens (including phenoxy) is 2. The molecule has 1 aliphatic heterocycles. The van der Waals surface area contributed by atoms with E-state index in [9.17, 15) is 24.9 Å². The Morgan fingerprint density at radius 3 is 2.32 bits per heavy atom. The number of aliphatic carboxylic acids is 1. The van der Waals surface area contributed by atoms with Gasteiger partial charge in [-0.3, -0.25) is 0 Å². The molecule has 0 aromatic heterocycles. The summed E-state index contributed by atoms with van der Waals surface area (Å²) in [6.07, 6.45) is -9.11. The van der Waals surface area contributed by atoms with E-state index < -0.39 is 42.6 Å². The lowest BCUT2D eigenvalue weighted by Gasteiger charge is -2.37. The van der Waals surface area contributed by atoms with Gasteiger partial charge in [-0.1, -0.05) is 12.1 Å². The van der Waals surface area contributed by atoms with Crippen LogP contribution in [0.5, 0.6) is 0 Å². The third kappa shape index (κ3) is 3.02. The Morgan fingerprint density at radius 1 is 1.09 bits per heavy atom. The molecular weight excluding hydrogens is 298 g/mol. The van der Waals surface area contributed by atoms with Gasteiger partial charge in [-0.2, -0.15) is 0 Å². The summed E-state index contributed by atoms with van der Waals surface area (Å²) in [4.78, 5) is 22.9. The van der Waals surface area contributed by atoms with Crippen LogP contribution in [0.1, 0.15) is 10.4 Å². The fourth-order valence-corrected chi connectivity index (χ4v) is 2.00. The fraction of sp³-hybridized carbons (Fsp3) is 0.385. The molecule has 5 unspecified atom stereocenters. The number of anilines is 1. The first-order valence-electron chi connectivity index (χ1n) is 6.31. The van der Waals surface area contributed by atoms with Crippen LogP contribution in [0.3, 0.4) is 0 Å². The Labute approximate surface area is 124 Å². The highest BCUT2D eigenvalue weighted by atomic mass is 16.7. The standard InChI is InChI=1S/C13H15NO8/c14-6-4-2-1-3-5(6)12(20)22-13-9(17)7(15)8(16)10(21-13)11(18)19/h1-4,7-10,13,15-17H,14H2,(H,18,19). The van der Waals surface area contributed by atoms with Crippen molar-refractivity contribution in [1.29, 1.82) is 0 Å². The number of hydrogen-bond donors (Lipinski definition) is 5. The second-order valence-corrected chi connectivity index (χ2v) is 4.73. The van der Waals surface area contributed by atoms with Crippen LogP contribution in [-0.4, -0.2) is 63.1 Å². The fourth-order valence-electron chi connectivity index (χ4n) is 2.00. The third-order valence-corrected chi connectivity index (χ3v) is 3.22. The first kappa shape index (κ1) is 16.2. The largest absolute Gasteiger partial charge is 0.479 e. The summed E-state index contributed by atoms with van der Waals surface area (Å²) < 4.78 is 9.68. The van der Waals surface area contributed by atoms with Crippen LogP contribution in [0.25, 0.3) is 0 Å². The van der Waals surface area contributed by atoms with Gasteiger partial charge in [0.25, 0.3) is 0 Å². The minimum Gasteiger partial charge on any atom is -0.479 e. The highest BCUT2D eigenvalue weighted by Gasteiger charge is 2.48. The van der Waals surface area contributed by atoms with E-state index in [0.717, 1.165) is 0 Å². The van der Waals surface area contributed by atoms with Crippen molar-refractivity contribution in [3.63, 3.8) is 0 Å². The zero-order valence-electron chi connectivity index (χ0n) is 11.2. The van der Waals surface area contributed by atoms with Gasteiger partial charge in [0.2, 0.25) is 6.29 Å². The van der Waals surface area contributed by atoms with E-state index in [4.69, 9.17) is 20.3 Å². The molecule has 0 bridgehead atoms. The Bertz CT molecular complexity index is 577. The Morgan fingerprint density at radius 2 is 1.73 bits per heavy atom. The quantitative estimate of drug-likeness (QED) is 0.324. The number of benzene rings is 1. The summed E-state index contributed by atoms with van der Waals surface area (Å²) in [5.74, 6) is -2.53. The van der Waals surface area contributed by atoms with E-state index in [-0.39, 0.29) is 11.3 Å². The van der Waals surface area contributed by atoms with Crippen molar-refractivity contribution in [1.82, 2.24) is 0 Å². The predicted molar refractivity (Wildman–Crippen MR) is 70.6 cm³/mol. The number of carboxylic acid groups (broad SMARTS) is 1. The molecular formula is C13H15NO8. The van der Waals surface area contributed by atoms with Gasteiger partial charge in [0.15, 0.2) is 6.10 Å². The zero-order chi connectivity index (χ0) is 16.4. The number of esters is 1. The number of carboxylic acids is 1. The van der Waals surface area contributed by atoms with Gasteiger partial charge >= 0.3 is 11.9 Å². The summed E-state index contributed by atoms with van der Waals surface area (Å²) in [7, 11) is 0. The van der Waals surface area contributed by atoms with Crippen LogP contribution in [0, 0.1) is 0 Å². The smallest absolute Gasteiger partial charge is 0.342 e. The van der Waals surface area contributed by atoms with Gasteiger partial charge in [0.05, 0.1) is 5.56 Å². The van der Waals surface area contributed by atoms with Crippen molar-refractivity contribution in [2.24, 2.45) is 0 Å². The second-order valence-electron chi connectivity index (χ2n) is 4.73. The summed E-state index contributed by atoms with van der Waals surface area (Å²) >= 11 is 0. The Kier molecular flexibility index (Phi) is 4.62. The van der Waals surface area contributed by atoms with Crippen LogP contribution in [0.2, 0.25) is 0 Å². The van der Waals surface area contributed by atoms with Crippen molar-refractivity contribution in [3.05, 3.63) is 29.8 Å². The molecule has 9 heteroatoms. The average molecular weight is 313 g/mol. The zero-order valence-corrected chi connectivity index (χ0v) is 11.2. The minimum absolute atomic E-state index is 0.00853. The Hall–Kier alpha value is -2.20. The highest BCUT2D eigenvalue weighted by molar-refractivity contribution is 5.95. The second kappa shape index (κ2) is 6.28. The van der Waals surface area contributed by atoms with E-state index in [2.05, 4.69) is 0 Å². The molecule has 0 aliphatic carbocycles. The number of carbonyl (C=O) groups is 2. The lowest BCUT2D eigenvalue weighted by Crippen LogP contribution is -2.60. The molecule has 0 amide bonds. The molecule has 9 nitrogen and oxygen atoms in total. The van der Waals surface area contributed by atoms with Gasteiger partial charge in [-0.05, 0) is 12.1 Å². The molecule has 5 atom stereocenters. The maximum Gasteiger partial charge on any atom is 0.342 e. The van der Waals surface area contributed by atoms with Crippen LogP contribution >= 0.6 is 0 Å². The third-order valence-electron chi connectivity index (χ3n) is 3.22. The van der Waals surface area contributed by atoms with E-state index in [0.29, 0.717) is 0 Å². The number of aliphatic hydroxyl groups is 3. The number of carbonyl (C=O) groups excluding carboxylic acids is 1. The molecule has 1 heterocycles. The summed E-state index contributed by atoms with van der Waals surface area (Å²) in [6, 6.07) is 5.95.